The summed E-state index contributed by atoms with van der Waals surface area (Å²) in [6.45, 7) is 4.94. The lowest BCUT2D eigenvalue weighted by atomic mass is 10.2. The standard InChI is InChI=1S/C10H12BrClO/c1-7(2)6-13-10-4-8(11)3-9(12)5-10/h3-5,7H,6H2,1-2H3. The molecule has 0 unspecified atom stereocenters. The summed E-state index contributed by atoms with van der Waals surface area (Å²) in [5.74, 6) is 1.34. The highest BCUT2D eigenvalue weighted by Gasteiger charge is 2.00. The predicted octanol–water partition coefficient (Wildman–Crippen LogP) is 4.14. The van der Waals surface area contributed by atoms with Crippen molar-refractivity contribution in [3.8, 4) is 5.75 Å². The van der Waals surface area contributed by atoms with Gasteiger partial charge in [-0.15, -0.1) is 0 Å². The molecular weight excluding hydrogens is 251 g/mol. The fourth-order valence-corrected chi connectivity index (χ4v) is 1.70. The Labute approximate surface area is 92.2 Å². The van der Waals surface area contributed by atoms with Crippen molar-refractivity contribution in [2.45, 2.75) is 13.8 Å². The number of rotatable bonds is 3. The van der Waals surface area contributed by atoms with Gasteiger partial charge in [-0.1, -0.05) is 41.4 Å². The van der Waals surface area contributed by atoms with Crippen LogP contribution < -0.4 is 4.74 Å². The fraction of sp³-hybridized carbons (Fsp3) is 0.400. The van der Waals surface area contributed by atoms with Crippen LogP contribution in [0.25, 0.3) is 0 Å². The van der Waals surface area contributed by atoms with Crippen molar-refractivity contribution < 1.29 is 4.74 Å². The summed E-state index contributed by atoms with van der Waals surface area (Å²) in [6.07, 6.45) is 0. The highest BCUT2D eigenvalue weighted by Crippen LogP contribution is 2.24. The molecule has 0 aliphatic rings. The van der Waals surface area contributed by atoms with Gasteiger partial charge in [0.25, 0.3) is 0 Å². The minimum atomic E-state index is 0.526. The van der Waals surface area contributed by atoms with Crippen LogP contribution in [0.3, 0.4) is 0 Å². The van der Waals surface area contributed by atoms with E-state index in [4.69, 9.17) is 16.3 Å². The number of benzene rings is 1. The zero-order valence-electron chi connectivity index (χ0n) is 7.68. The molecule has 0 atom stereocenters. The van der Waals surface area contributed by atoms with Gasteiger partial charge < -0.3 is 4.74 Å². The van der Waals surface area contributed by atoms with Gasteiger partial charge in [-0.05, 0) is 24.1 Å². The van der Waals surface area contributed by atoms with Crippen LogP contribution >= 0.6 is 27.5 Å². The molecule has 0 radical (unpaired) electrons. The maximum atomic E-state index is 5.86. The van der Waals surface area contributed by atoms with Crippen molar-refractivity contribution in [1.29, 1.82) is 0 Å². The Morgan fingerprint density at radius 3 is 2.62 bits per heavy atom. The third-order valence-electron chi connectivity index (χ3n) is 1.42. The van der Waals surface area contributed by atoms with Gasteiger partial charge in [-0.3, -0.25) is 0 Å². The van der Waals surface area contributed by atoms with Gasteiger partial charge in [-0.25, -0.2) is 0 Å². The molecule has 13 heavy (non-hydrogen) atoms. The second-order valence-corrected chi connectivity index (χ2v) is 4.66. The van der Waals surface area contributed by atoms with Gasteiger partial charge >= 0.3 is 0 Å². The Hall–Kier alpha value is -0.210. The zero-order valence-corrected chi connectivity index (χ0v) is 10.0. The van der Waals surface area contributed by atoms with Gasteiger partial charge in [0.05, 0.1) is 6.61 Å². The lowest BCUT2D eigenvalue weighted by Gasteiger charge is -2.08. The van der Waals surface area contributed by atoms with Crippen LogP contribution in [0.4, 0.5) is 0 Å². The van der Waals surface area contributed by atoms with E-state index in [1.54, 1.807) is 0 Å². The van der Waals surface area contributed by atoms with Gasteiger partial charge in [0.1, 0.15) is 5.75 Å². The molecule has 3 heteroatoms. The summed E-state index contributed by atoms with van der Waals surface area (Å²) in [5.41, 5.74) is 0. The Bertz CT molecular complexity index is 266. The van der Waals surface area contributed by atoms with E-state index >= 15 is 0 Å². The average Bonchev–Trinajstić information content (AvgIpc) is 1.99. The van der Waals surface area contributed by atoms with Crippen LogP contribution in [-0.4, -0.2) is 6.61 Å². The largest absolute Gasteiger partial charge is 0.493 e. The van der Waals surface area contributed by atoms with Gasteiger partial charge in [0.2, 0.25) is 0 Å². The van der Waals surface area contributed by atoms with Crippen LogP contribution in [0.15, 0.2) is 22.7 Å². The minimum absolute atomic E-state index is 0.526. The Balaban J connectivity index is 2.66. The quantitative estimate of drug-likeness (QED) is 0.796. The first-order valence-electron chi connectivity index (χ1n) is 4.17. The van der Waals surface area contributed by atoms with E-state index in [9.17, 15) is 0 Å². The molecule has 0 heterocycles. The lowest BCUT2D eigenvalue weighted by molar-refractivity contribution is 0.271. The Kier molecular flexibility index (Phi) is 4.07. The molecule has 0 aromatic heterocycles. The molecule has 0 spiro atoms. The predicted molar refractivity (Wildman–Crippen MR) is 59.5 cm³/mol. The molecule has 0 fully saturated rings. The van der Waals surface area contributed by atoms with E-state index in [1.165, 1.54) is 0 Å². The van der Waals surface area contributed by atoms with E-state index in [0.717, 1.165) is 10.2 Å². The third-order valence-corrected chi connectivity index (χ3v) is 2.10. The number of hydrogen-bond acceptors (Lipinski definition) is 1. The second-order valence-electron chi connectivity index (χ2n) is 3.31. The van der Waals surface area contributed by atoms with Gasteiger partial charge in [-0.2, -0.15) is 0 Å². The Morgan fingerprint density at radius 2 is 2.08 bits per heavy atom. The minimum Gasteiger partial charge on any atom is -0.493 e. The van der Waals surface area contributed by atoms with Crippen LogP contribution in [0.1, 0.15) is 13.8 Å². The molecule has 0 saturated heterocycles. The number of hydrogen-bond donors (Lipinski definition) is 0. The zero-order chi connectivity index (χ0) is 9.84. The van der Waals surface area contributed by atoms with Crippen LogP contribution in [0.2, 0.25) is 5.02 Å². The normalized spacial score (nSPS) is 10.5. The monoisotopic (exact) mass is 262 g/mol. The van der Waals surface area contributed by atoms with E-state index in [1.807, 2.05) is 18.2 Å². The molecule has 0 bridgehead atoms. The smallest absolute Gasteiger partial charge is 0.121 e. The lowest BCUT2D eigenvalue weighted by Crippen LogP contribution is -2.04. The highest BCUT2D eigenvalue weighted by molar-refractivity contribution is 9.10. The molecular formula is C10H12BrClO. The summed E-state index contributed by atoms with van der Waals surface area (Å²) in [4.78, 5) is 0. The molecule has 0 aliphatic heterocycles. The van der Waals surface area contributed by atoms with E-state index in [0.29, 0.717) is 17.5 Å². The van der Waals surface area contributed by atoms with Gasteiger partial charge in [0.15, 0.2) is 0 Å². The summed E-state index contributed by atoms with van der Waals surface area (Å²) >= 11 is 9.21. The fourth-order valence-electron chi connectivity index (χ4n) is 0.875. The summed E-state index contributed by atoms with van der Waals surface area (Å²) in [5, 5.41) is 0.688. The first kappa shape index (κ1) is 10.9. The molecule has 1 aromatic carbocycles. The molecule has 1 rings (SSSR count). The summed E-state index contributed by atoms with van der Waals surface area (Å²) in [6, 6.07) is 5.56. The van der Waals surface area contributed by atoms with E-state index in [2.05, 4.69) is 29.8 Å². The van der Waals surface area contributed by atoms with Crippen molar-refractivity contribution in [3.05, 3.63) is 27.7 Å². The van der Waals surface area contributed by atoms with E-state index < -0.39 is 0 Å². The topological polar surface area (TPSA) is 9.23 Å². The number of halogens is 2. The molecule has 1 nitrogen and oxygen atoms in total. The summed E-state index contributed by atoms with van der Waals surface area (Å²) in [7, 11) is 0. The first-order valence-corrected chi connectivity index (χ1v) is 5.34. The van der Waals surface area contributed by atoms with Crippen molar-refractivity contribution in [2.75, 3.05) is 6.61 Å². The molecule has 0 saturated carbocycles. The maximum Gasteiger partial charge on any atom is 0.121 e. The van der Waals surface area contributed by atoms with Gasteiger partial charge in [0, 0.05) is 9.50 Å². The third kappa shape index (κ3) is 4.01. The van der Waals surface area contributed by atoms with Crippen molar-refractivity contribution in [3.63, 3.8) is 0 Å². The number of ether oxygens (including phenoxy) is 1. The van der Waals surface area contributed by atoms with Crippen molar-refractivity contribution >= 4 is 27.5 Å². The molecule has 0 amide bonds. The second kappa shape index (κ2) is 4.87. The van der Waals surface area contributed by atoms with Crippen LogP contribution in [0, 0.1) is 5.92 Å². The highest BCUT2D eigenvalue weighted by atomic mass is 79.9. The molecule has 72 valence electrons. The van der Waals surface area contributed by atoms with Crippen LogP contribution in [0.5, 0.6) is 5.75 Å². The van der Waals surface area contributed by atoms with E-state index in [-0.39, 0.29) is 0 Å². The van der Waals surface area contributed by atoms with Crippen LogP contribution in [-0.2, 0) is 0 Å². The van der Waals surface area contributed by atoms with Crippen molar-refractivity contribution in [1.82, 2.24) is 0 Å². The maximum absolute atomic E-state index is 5.86. The van der Waals surface area contributed by atoms with Crippen molar-refractivity contribution in [2.24, 2.45) is 5.92 Å². The molecule has 1 aromatic rings. The summed E-state index contributed by atoms with van der Waals surface area (Å²) < 4.78 is 6.46. The molecule has 0 aliphatic carbocycles. The molecule has 0 N–H and O–H groups in total. The SMILES string of the molecule is CC(C)COc1cc(Cl)cc(Br)c1. The Morgan fingerprint density at radius 1 is 1.38 bits per heavy atom. The average molecular weight is 264 g/mol. The first-order chi connectivity index (χ1) is 6.08.